The van der Waals surface area contributed by atoms with Gasteiger partial charge in [-0.15, -0.1) is 0 Å². The Morgan fingerprint density at radius 2 is 1.83 bits per heavy atom. The van der Waals surface area contributed by atoms with E-state index in [1.54, 1.807) is 6.07 Å². The van der Waals surface area contributed by atoms with Crippen LogP contribution in [0.25, 0.3) is 11.1 Å². The van der Waals surface area contributed by atoms with Crippen LogP contribution in [-0.4, -0.2) is 11.1 Å². The van der Waals surface area contributed by atoms with E-state index in [9.17, 15) is 13.6 Å². The summed E-state index contributed by atoms with van der Waals surface area (Å²) in [5.41, 5.74) is 0.801. The van der Waals surface area contributed by atoms with Gasteiger partial charge in [-0.1, -0.05) is 12.1 Å². The maximum Gasteiger partial charge on any atom is 0.338 e. The van der Waals surface area contributed by atoms with E-state index in [1.165, 1.54) is 37.3 Å². The van der Waals surface area contributed by atoms with Gasteiger partial charge < -0.3 is 5.11 Å². The summed E-state index contributed by atoms with van der Waals surface area (Å²) in [6.07, 6.45) is 0. The van der Waals surface area contributed by atoms with Gasteiger partial charge in [0.05, 0.1) is 5.56 Å². The molecule has 0 saturated carbocycles. The Kier molecular flexibility index (Phi) is 3.10. The summed E-state index contributed by atoms with van der Waals surface area (Å²) in [6, 6.07) is 8.43. The average molecular weight is 248 g/mol. The molecule has 0 heterocycles. The summed E-state index contributed by atoms with van der Waals surface area (Å²) < 4.78 is 26.7. The molecule has 0 fully saturated rings. The Morgan fingerprint density at radius 3 is 2.44 bits per heavy atom. The first kappa shape index (κ1) is 12.2. The first-order valence-corrected chi connectivity index (χ1v) is 5.28. The van der Waals surface area contributed by atoms with Gasteiger partial charge in [0.25, 0.3) is 0 Å². The third-order valence-corrected chi connectivity index (χ3v) is 2.64. The summed E-state index contributed by atoms with van der Waals surface area (Å²) in [5, 5.41) is 8.90. The van der Waals surface area contributed by atoms with Crippen molar-refractivity contribution in [3.8, 4) is 11.1 Å². The molecule has 1 N–H and O–H groups in total. The number of carbonyl (C=O) groups is 1. The predicted molar refractivity (Wildman–Crippen MR) is 63.5 cm³/mol. The standard InChI is InChI=1S/C14H10F2O2/c1-8-5-10(7-12(13(8)16)14(17)18)9-3-2-4-11(15)6-9/h2-7H,1H3,(H,17,18). The summed E-state index contributed by atoms with van der Waals surface area (Å²) in [5.74, 6) is -2.53. The van der Waals surface area contributed by atoms with Crippen LogP contribution in [0.4, 0.5) is 8.78 Å². The second-order valence-electron chi connectivity index (χ2n) is 3.97. The number of hydrogen-bond donors (Lipinski definition) is 1. The highest BCUT2D eigenvalue weighted by Gasteiger charge is 2.14. The molecule has 0 saturated heterocycles. The number of carboxylic acid groups (broad SMARTS) is 1. The van der Waals surface area contributed by atoms with Crippen molar-refractivity contribution in [2.24, 2.45) is 0 Å². The average Bonchev–Trinajstić information content (AvgIpc) is 2.32. The molecule has 2 aromatic rings. The van der Waals surface area contributed by atoms with Crippen molar-refractivity contribution in [2.75, 3.05) is 0 Å². The second-order valence-corrected chi connectivity index (χ2v) is 3.97. The molecule has 4 heteroatoms. The van der Waals surface area contributed by atoms with Crippen LogP contribution < -0.4 is 0 Å². The Labute approximate surface area is 103 Å². The SMILES string of the molecule is Cc1cc(-c2cccc(F)c2)cc(C(=O)O)c1F. The van der Waals surface area contributed by atoms with Crippen molar-refractivity contribution >= 4 is 5.97 Å². The fourth-order valence-corrected chi connectivity index (χ4v) is 1.76. The van der Waals surface area contributed by atoms with Crippen molar-refractivity contribution in [2.45, 2.75) is 6.92 Å². The molecule has 0 aliphatic rings. The molecule has 0 atom stereocenters. The van der Waals surface area contributed by atoms with E-state index in [2.05, 4.69) is 0 Å². The van der Waals surface area contributed by atoms with Crippen molar-refractivity contribution in [3.63, 3.8) is 0 Å². The third-order valence-electron chi connectivity index (χ3n) is 2.64. The molecule has 2 rings (SSSR count). The summed E-state index contributed by atoms with van der Waals surface area (Å²) in [4.78, 5) is 10.9. The second kappa shape index (κ2) is 4.56. The molecule has 92 valence electrons. The molecular formula is C14H10F2O2. The maximum atomic E-state index is 13.6. The van der Waals surface area contributed by atoms with Crippen LogP contribution in [0.15, 0.2) is 36.4 Å². The molecule has 0 aromatic heterocycles. The molecule has 0 radical (unpaired) electrons. The van der Waals surface area contributed by atoms with Crippen LogP contribution >= 0.6 is 0 Å². The zero-order chi connectivity index (χ0) is 13.3. The molecule has 0 amide bonds. The number of aryl methyl sites for hydroxylation is 1. The predicted octanol–water partition coefficient (Wildman–Crippen LogP) is 3.64. The van der Waals surface area contributed by atoms with Crippen molar-refractivity contribution in [1.29, 1.82) is 0 Å². The summed E-state index contributed by atoms with van der Waals surface area (Å²) >= 11 is 0. The number of halogens is 2. The zero-order valence-electron chi connectivity index (χ0n) is 9.58. The Hall–Kier alpha value is -2.23. The first-order chi connectivity index (χ1) is 8.49. The fourth-order valence-electron chi connectivity index (χ4n) is 1.76. The Morgan fingerprint density at radius 1 is 1.11 bits per heavy atom. The van der Waals surface area contributed by atoms with Gasteiger partial charge in [0.2, 0.25) is 0 Å². The molecule has 2 aromatic carbocycles. The van der Waals surface area contributed by atoms with Gasteiger partial charge in [-0.25, -0.2) is 13.6 Å². The zero-order valence-corrected chi connectivity index (χ0v) is 9.58. The lowest BCUT2D eigenvalue weighted by Crippen LogP contribution is -2.03. The quantitative estimate of drug-likeness (QED) is 0.880. The van der Waals surface area contributed by atoms with Gasteiger partial charge in [0, 0.05) is 0 Å². The summed E-state index contributed by atoms with van der Waals surface area (Å²) in [6.45, 7) is 1.48. The van der Waals surface area contributed by atoms with E-state index in [0.717, 1.165) is 0 Å². The van der Waals surface area contributed by atoms with Crippen LogP contribution in [-0.2, 0) is 0 Å². The highest BCUT2D eigenvalue weighted by Crippen LogP contribution is 2.25. The Bertz CT molecular complexity index is 621. The highest BCUT2D eigenvalue weighted by atomic mass is 19.1. The van der Waals surface area contributed by atoms with E-state index in [0.29, 0.717) is 11.1 Å². The lowest BCUT2D eigenvalue weighted by atomic mass is 9.99. The minimum atomic E-state index is -1.34. The van der Waals surface area contributed by atoms with Gasteiger partial charge in [0.1, 0.15) is 11.6 Å². The van der Waals surface area contributed by atoms with Crippen molar-refractivity contribution in [1.82, 2.24) is 0 Å². The number of carboxylic acids is 1. The molecule has 18 heavy (non-hydrogen) atoms. The lowest BCUT2D eigenvalue weighted by molar-refractivity contribution is 0.0691. The molecule has 0 aliphatic carbocycles. The molecular weight excluding hydrogens is 238 g/mol. The van der Waals surface area contributed by atoms with Gasteiger partial charge >= 0.3 is 5.97 Å². The van der Waals surface area contributed by atoms with E-state index in [1.807, 2.05) is 0 Å². The molecule has 0 spiro atoms. The summed E-state index contributed by atoms with van der Waals surface area (Å²) in [7, 11) is 0. The normalized spacial score (nSPS) is 10.4. The van der Waals surface area contributed by atoms with E-state index in [4.69, 9.17) is 5.11 Å². The van der Waals surface area contributed by atoms with Crippen LogP contribution in [0.3, 0.4) is 0 Å². The van der Waals surface area contributed by atoms with E-state index >= 15 is 0 Å². The van der Waals surface area contributed by atoms with Crippen molar-refractivity contribution < 1.29 is 18.7 Å². The molecule has 0 unspecified atom stereocenters. The smallest absolute Gasteiger partial charge is 0.338 e. The van der Waals surface area contributed by atoms with E-state index < -0.39 is 23.2 Å². The largest absolute Gasteiger partial charge is 0.478 e. The van der Waals surface area contributed by atoms with Crippen molar-refractivity contribution in [3.05, 3.63) is 59.2 Å². The number of aromatic carboxylic acids is 1. The van der Waals surface area contributed by atoms with Gasteiger partial charge in [-0.05, 0) is 47.9 Å². The van der Waals surface area contributed by atoms with Gasteiger partial charge in [-0.3, -0.25) is 0 Å². The Balaban J connectivity index is 2.63. The maximum absolute atomic E-state index is 13.6. The van der Waals surface area contributed by atoms with Crippen LogP contribution in [0.2, 0.25) is 0 Å². The number of rotatable bonds is 2. The van der Waals surface area contributed by atoms with Crippen LogP contribution in [0.1, 0.15) is 15.9 Å². The first-order valence-electron chi connectivity index (χ1n) is 5.28. The topological polar surface area (TPSA) is 37.3 Å². The van der Waals surface area contributed by atoms with Gasteiger partial charge in [0.15, 0.2) is 0 Å². The molecule has 2 nitrogen and oxygen atoms in total. The highest BCUT2D eigenvalue weighted by molar-refractivity contribution is 5.90. The third kappa shape index (κ3) is 2.22. The monoisotopic (exact) mass is 248 g/mol. The van der Waals surface area contributed by atoms with Gasteiger partial charge in [-0.2, -0.15) is 0 Å². The molecule has 0 aliphatic heterocycles. The minimum absolute atomic E-state index is 0.217. The lowest BCUT2D eigenvalue weighted by Gasteiger charge is -2.07. The fraction of sp³-hybridized carbons (Fsp3) is 0.0714. The van der Waals surface area contributed by atoms with Crippen LogP contribution in [0, 0.1) is 18.6 Å². The number of benzene rings is 2. The molecule has 0 bridgehead atoms. The van der Waals surface area contributed by atoms with E-state index in [-0.39, 0.29) is 5.56 Å². The van der Waals surface area contributed by atoms with Crippen LogP contribution in [0.5, 0.6) is 0 Å². The number of hydrogen-bond acceptors (Lipinski definition) is 1. The minimum Gasteiger partial charge on any atom is -0.478 e.